The fourth-order valence-corrected chi connectivity index (χ4v) is 9.77. The van der Waals surface area contributed by atoms with Crippen molar-refractivity contribution in [2.75, 3.05) is 30.5 Å². The molecule has 3 aromatic carbocycles. The van der Waals surface area contributed by atoms with Crippen LogP contribution in [0.2, 0.25) is 0 Å². The molecule has 62 heavy (non-hydrogen) atoms. The fourth-order valence-electron chi connectivity index (χ4n) is 8.81. The summed E-state index contributed by atoms with van der Waals surface area (Å²) in [5.74, 6) is 1.90. The Hall–Kier alpha value is -5.40. The van der Waals surface area contributed by atoms with Gasteiger partial charge in [0.05, 0.1) is 32.3 Å². The number of hydrogen-bond acceptors (Lipinski definition) is 15. The van der Waals surface area contributed by atoms with E-state index in [0.29, 0.717) is 34.7 Å². The summed E-state index contributed by atoms with van der Waals surface area (Å²) < 4.78 is 34.3. The number of imidazole rings is 1. The molecule has 16 nitrogen and oxygen atoms in total. The van der Waals surface area contributed by atoms with Gasteiger partial charge < -0.3 is 44.9 Å². The molecule has 3 aromatic heterocycles. The van der Waals surface area contributed by atoms with Crippen LogP contribution in [0.5, 0.6) is 5.75 Å². The first-order chi connectivity index (χ1) is 30.1. The summed E-state index contributed by atoms with van der Waals surface area (Å²) in [6, 6.07) is 28.6. The van der Waals surface area contributed by atoms with Crippen LogP contribution >= 0.6 is 11.8 Å². The number of nitrogens with two attached hydrogens (primary N) is 1. The lowest BCUT2D eigenvalue weighted by molar-refractivity contribution is -0.196. The second-order valence-electron chi connectivity index (χ2n) is 16.2. The zero-order chi connectivity index (χ0) is 43.0. The molecule has 324 valence electrons. The minimum atomic E-state index is -0.884. The van der Waals surface area contributed by atoms with E-state index in [9.17, 15) is 15.0 Å². The van der Waals surface area contributed by atoms with E-state index in [-0.39, 0.29) is 31.1 Å². The number of fused-ring (bicyclic) bond motifs is 2. The first-order valence-electron chi connectivity index (χ1n) is 20.7. The molecular formula is C45H50N8O8S. The Kier molecular flexibility index (Phi) is 11.8. The van der Waals surface area contributed by atoms with Gasteiger partial charge in [-0.05, 0) is 61.3 Å². The Bertz CT molecular complexity index is 2500. The number of methoxy groups -OCH3 is 1. The molecule has 6 aromatic rings. The number of nitrogens with zero attached hydrogens (tertiary/aromatic N) is 6. The van der Waals surface area contributed by atoms with Crippen molar-refractivity contribution >= 4 is 34.6 Å². The molecule has 0 amide bonds. The maximum atomic E-state index is 12.7. The summed E-state index contributed by atoms with van der Waals surface area (Å²) in [6.45, 7) is 3.48. The Labute approximate surface area is 362 Å². The van der Waals surface area contributed by atoms with Crippen LogP contribution in [0.15, 0.2) is 109 Å². The maximum Gasteiger partial charge on any atom is 0.351 e. The van der Waals surface area contributed by atoms with Gasteiger partial charge in [-0.1, -0.05) is 72.8 Å². The van der Waals surface area contributed by atoms with Crippen LogP contribution in [0.25, 0.3) is 11.2 Å². The zero-order valence-electron chi connectivity index (χ0n) is 34.6. The fraction of sp³-hybridized carbons (Fsp3) is 0.400. The van der Waals surface area contributed by atoms with Crippen molar-refractivity contribution in [1.82, 2.24) is 29.1 Å². The molecule has 0 saturated carbocycles. The predicted octanol–water partition coefficient (Wildman–Crippen LogP) is 5.15. The summed E-state index contributed by atoms with van der Waals surface area (Å²) in [5.41, 5.74) is 9.52. The van der Waals surface area contributed by atoms with E-state index in [1.165, 1.54) is 4.57 Å². The number of aliphatic hydroxyl groups is 2. The third-order valence-corrected chi connectivity index (χ3v) is 12.9. The number of rotatable bonds is 15. The largest absolute Gasteiger partial charge is 0.497 e. The molecule has 0 unspecified atom stereocenters. The van der Waals surface area contributed by atoms with Crippen LogP contribution in [0, 0.1) is 0 Å². The lowest BCUT2D eigenvalue weighted by Gasteiger charge is -2.37. The van der Waals surface area contributed by atoms with Gasteiger partial charge in [0.1, 0.15) is 48.0 Å². The van der Waals surface area contributed by atoms with E-state index in [0.717, 1.165) is 34.6 Å². The number of thioether (sulfide) groups is 1. The Morgan fingerprint density at radius 1 is 0.919 bits per heavy atom. The third kappa shape index (κ3) is 7.94. The number of anilines is 2. The van der Waals surface area contributed by atoms with E-state index in [4.69, 9.17) is 44.4 Å². The molecule has 0 aliphatic carbocycles. The number of aliphatic hydroxyl groups excluding tert-OH is 2. The highest BCUT2D eigenvalue weighted by Gasteiger charge is 2.56. The van der Waals surface area contributed by atoms with Gasteiger partial charge in [0, 0.05) is 23.9 Å². The molecular weight excluding hydrogens is 813 g/mol. The van der Waals surface area contributed by atoms with Crippen LogP contribution in [0.3, 0.4) is 0 Å². The molecule has 0 spiro atoms. The van der Waals surface area contributed by atoms with Gasteiger partial charge in [-0.3, -0.25) is 9.13 Å². The minimum Gasteiger partial charge on any atom is -0.497 e. The van der Waals surface area contributed by atoms with Crippen molar-refractivity contribution in [1.29, 1.82) is 0 Å². The van der Waals surface area contributed by atoms with Gasteiger partial charge in [0.2, 0.25) is 0 Å². The zero-order valence-corrected chi connectivity index (χ0v) is 35.4. The van der Waals surface area contributed by atoms with Crippen LogP contribution in [-0.2, 0) is 30.2 Å². The Morgan fingerprint density at radius 3 is 2.29 bits per heavy atom. The number of ether oxygens (including phenoxy) is 5. The highest BCUT2D eigenvalue weighted by molar-refractivity contribution is 7.98. The molecule has 7 atom stereocenters. The van der Waals surface area contributed by atoms with Crippen LogP contribution < -0.4 is 21.5 Å². The lowest BCUT2D eigenvalue weighted by atomic mass is 9.77. The second kappa shape index (κ2) is 17.4. The van der Waals surface area contributed by atoms with Crippen molar-refractivity contribution < 1.29 is 33.9 Å². The van der Waals surface area contributed by atoms with Crippen molar-refractivity contribution in [3.63, 3.8) is 0 Å². The van der Waals surface area contributed by atoms with E-state index in [1.54, 1.807) is 37.7 Å². The van der Waals surface area contributed by atoms with Gasteiger partial charge in [-0.25, -0.2) is 19.7 Å². The summed E-state index contributed by atoms with van der Waals surface area (Å²) in [6.07, 6.45) is 2.60. The molecule has 0 bridgehead atoms. The van der Waals surface area contributed by atoms with Gasteiger partial charge in [-0.15, -0.1) is 0 Å². The van der Waals surface area contributed by atoms with E-state index in [1.807, 2.05) is 66.9 Å². The summed E-state index contributed by atoms with van der Waals surface area (Å²) >= 11 is 1.66. The molecule has 6 heterocycles. The minimum absolute atomic E-state index is 0.154. The molecule has 3 aliphatic heterocycles. The van der Waals surface area contributed by atoms with Gasteiger partial charge in [0.25, 0.3) is 0 Å². The SMILES string of the molecule is COc1ccc(C(Nc2ncnc3c2ncn3[C@@H]2O[C@H](CCCSCc3cn([C@H]4C[C@H](O)[C@@H](CO)O4)c(=O)nc3N)[C@H]3OC(C)(C)O[C@H]32)(c2ccccc2)c2ccccc2)cc1. The van der Waals surface area contributed by atoms with Crippen LogP contribution in [0.1, 0.15) is 67.8 Å². The first kappa shape index (κ1) is 41.9. The van der Waals surface area contributed by atoms with Gasteiger partial charge in [0.15, 0.2) is 29.0 Å². The quantitative estimate of drug-likeness (QED) is 0.0779. The van der Waals surface area contributed by atoms with Crippen molar-refractivity contribution in [2.24, 2.45) is 0 Å². The number of aromatic nitrogens is 6. The summed E-state index contributed by atoms with van der Waals surface area (Å²) in [4.78, 5) is 31.1. The molecule has 3 aliphatic rings. The normalized spacial score (nSPS) is 24.4. The Balaban J connectivity index is 0.946. The summed E-state index contributed by atoms with van der Waals surface area (Å²) in [5, 5.41) is 23.6. The smallest absolute Gasteiger partial charge is 0.351 e. The predicted molar refractivity (Wildman–Crippen MR) is 232 cm³/mol. The van der Waals surface area contributed by atoms with Gasteiger partial charge in [-0.2, -0.15) is 16.7 Å². The van der Waals surface area contributed by atoms with E-state index in [2.05, 4.69) is 46.7 Å². The first-order valence-corrected chi connectivity index (χ1v) is 21.9. The highest BCUT2D eigenvalue weighted by atomic mass is 32.2. The van der Waals surface area contributed by atoms with Gasteiger partial charge >= 0.3 is 5.69 Å². The summed E-state index contributed by atoms with van der Waals surface area (Å²) in [7, 11) is 1.66. The third-order valence-electron chi connectivity index (χ3n) is 11.8. The Morgan fingerprint density at radius 2 is 1.61 bits per heavy atom. The molecule has 0 radical (unpaired) electrons. The highest BCUT2D eigenvalue weighted by Crippen LogP contribution is 2.46. The standard InChI is InChI=1S/C45H50N8O8S/c1-44(2)60-37-33(15-10-20-62-24-27-22-52(43(56)50-39(27)46)35-21-32(55)34(23-54)58-35)59-42(38(37)61-44)53-26-49-36-40(47-25-48-41(36)53)51-45(28-11-6-4-7-12-28,29-13-8-5-9-14-29)30-16-18-31(57-3)19-17-30/h4-9,11-14,16-19,22,25-26,32-35,37-38,42,54-55H,10,15,20-21,23-24H2,1-3H3,(H2,46,50,56)(H,47,48,51)/t32-,33+,34+,35+,37+,38+,42+/m0/s1. The topological polar surface area (TPSA) is 203 Å². The lowest BCUT2D eigenvalue weighted by Crippen LogP contribution is -2.38. The van der Waals surface area contributed by atoms with E-state index >= 15 is 0 Å². The average molecular weight is 863 g/mol. The molecule has 5 N–H and O–H groups in total. The number of nitrogens with one attached hydrogen (secondary N) is 1. The average Bonchev–Trinajstić information content (AvgIpc) is 4.05. The molecule has 3 saturated heterocycles. The maximum absolute atomic E-state index is 12.7. The van der Waals surface area contributed by atoms with Crippen LogP contribution in [-0.4, -0.2) is 95.1 Å². The van der Waals surface area contributed by atoms with Crippen LogP contribution in [0.4, 0.5) is 11.6 Å². The van der Waals surface area contributed by atoms with Crippen molar-refractivity contribution in [2.45, 2.75) is 93.2 Å². The second-order valence-corrected chi connectivity index (χ2v) is 17.3. The number of hydrogen-bond donors (Lipinski definition) is 4. The van der Waals surface area contributed by atoms with E-state index < -0.39 is 47.8 Å². The molecule has 17 heteroatoms. The van der Waals surface area contributed by atoms with Crippen molar-refractivity contribution in [3.05, 3.63) is 137 Å². The molecule has 9 rings (SSSR count). The number of nitrogen functional groups attached to an aromatic ring is 1. The number of benzene rings is 3. The van der Waals surface area contributed by atoms with Crippen molar-refractivity contribution in [3.8, 4) is 5.75 Å². The monoisotopic (exact) mass is 862 g/mol. The molecule has 3 fully saturated rings.